The van der Waals surface area contributed by atoms with Crippen LogP contribution in [-0.4, -0.2) is 26.9 Å². The van der Waals surface area contributed by atoms with E-state index < -0.39 is 36.0 Å². The summed E-state index contributed by atoms with van der Waals surface area (Å²) < 4.78 is -0.839. The van der Waals surface area contributed by atoms with Crippen molar-refractivity contribution in [3.05, 3.63) is 243 Å². The first-order valence-electron chi connectivity index (χ1n) is 20.1. The number of hydrogen-bond acceptors (Lipinski definition) is 0. The van der Waals surface area contributed by atoms with E-state index in [1.165, 1.54) is 42.4 Å². The van der Waals surface area contributed by atoms with Gasteiger partial charge in [-0.1, -0.05) is 243 Å². The van der Waals surface area contributed by atoms with Crippen LogP contribution >= 0.6 is 78.1 Å². The zero-order chi connectivity index (χ0) is 42.3. The van der Waals surface area contributed by atoms with Gasteiger partial charge in [0.25, 0.3) is 0 Å². The van der Waals surface area contributed by atoms with Crippen LogP contribution in [0.15, 0.2) is 243 Å². The predicted molar refractivity (Wildman–Crippen MR) is 280 cm³/mol. The second-order valence-corrected chi connectivity index (χ2v) is 26.5. The Morgan fingerprint density at radius 3 is 0.619 bits per heavy atom. The van der Waals surface area contributed by atoms with Crippen LogP contribution in [0.3, 0.4) is 0 Å². The van der Waals surface area contributed by atoms with Crippen molar-refractivity contribution in [2.45, 2.75) is 14.6 Å². The molecule has 0 aliphatic carbocycles. The average molecular weight is 1070 g/mol. The van der Waals surface area contributed by atoms with Gasteiger partial charge in [-0.2, -0.15) is 0 Å². The molecule has 8 aromatic rings. The van der Waals surface area contributed by atoms with Crippen LogP contribution in [-0.2, 0) is 33.0 Å². The van der Waals surface area contributed by atoms with Crippen LogP contribution in [0.25, 0.3) is 0 Å². The van der Waals surface area contributed by atoms with Crippen molar-refractivity contribution < 1.29 is 33.0 Å². The summed E-state index contributed by atoms with van der Waals surface area (Å²) in [6.45, 7) is 0. The van der Waals surface area contributed by atoms with Crippen molar-refractivity contribution in [1.82, 2.24) is 0 Å². The van der Waals surface area contributed by atoms with Gasteiger partial charge in [-0.25, -0.2) is 0 Å². The van der Waals surface area contributed by atoms with Gasteiger partial charge in [0, 0.05) is 45.3 Å². The van der Waals surface area contributed by atoms with Crippen molar-refractivity contribution >= 4 is 121 Å². The van der Waals surface area contributed by atoms with Crippen molar-refractivity contribution in [3.63, 3.8) is 0 Å². The largest absolute Gasteiger partial charge is 0.127 e. The van der Waals surface area contributed by atoms with E-state index in [0.29, 0.717) is 0 Å². The van der Waals surface area contributed by atoms with Gasteiger partial charge in [-0.15, -0.1) is 46.4 Å². The minimum absolute atomic E-state index is 0. The second kappa shape index (κ2) is 26.7. The van der Waals surface area contributed by atoms with Gasteiger partial charge in [0.1, 0.15) is 4.33 Å². The molecule has 0 amide bonds. The van der Waals surface area contributed by atoms with E-state index >= 15 is 0 Å². The third kappa shape index (κ3) is 14.8. The Bertz CT molecular complexity index is 2120. The summed E-state index contributed by atoms with van der Waals surface area (Å²) >= 11 is 28.8. The monoisotopic (exact) mass is 1060 g/mol. The molecule has 0 heterocycles. The fourth-order valence-corrected chi connectivity index (χ4v) is 20.3. The Kier molecular flexibility index (Phi) is 21.9. The summed E-state index contributed by atoms with van der Waals surface area (Å²) in [5.74, 6) is 0. The summed E-state index contributed by atoms with van der Waals surface area (Å²) in [4.78, 5) is 0. The average Bonchev–Trinajstić information content (AvgIpc) is 3.33. The number of halogens is 4. The topological polar surface area (TPSA) is 0 Å². The molecule has 8 aromatic carbocycles. The molecule has 8 rings (SSSR count). The minimum Gasteiger partial charge on any atom is -0.115 e. The third-order valence-electron chi connectivity index (χ3n) is 9.91. The van der Waals surface area contributed by atoms with E-state index in [0.717, 1.165) is 12.3 Å². The summed E-state index contributed by atoms with van der Waals surface area (Å²) in [6.07, 6.45) is 1.44. The van der Waals surface area contributed by atoms with Gasteiger partial charge < -0.3 is 0 Å². The Morgan fingerprint density at radius 1 is 0.286 bits per heavy atom. The first kappa shape index (κ1) is 51.6. The first-order valence-corrected chi connectivity index (χ1v) is 27.6. The van der Waals surface area contributed by atoms with Gasteiger partial charge in [0.15, 0.2) is 0 Å². The van der Waals surface area contributed by atoms with Crippen LogP contribution < -0.4 is 42.4 Å². The van der Waals surface area contributed by atoms with Gasteiger partial charge in [-0.3, -0.25) is 0 Å². The van der Waals surface area contributed by atoms with Crippen LogP contribution in [0.4, 0.5) is 0 Å². The quantitative estimate of drug-likeness (QED) is 0.0545. The number of alkyl halides is 4. The molecule has 0 fully saturated rings. The maximum atomic E-state index is 7.27. The molecule has 0 N–H and O–H groups in total. The van der Waals surface area contributed by atoms with Crippen molar-refractivity contribution in [2.24, 2.45) is 0 Å². The van der Waals surface area contributed by atoms with Gasteiger partial charge >= 0.3 is 0 Å². The maximum Gasteiger partial charge on any atom is 0.127 e. The Labute approximate surface area is 419 Å². The zero-order valence-electron chi connectivity index (χ0n) is 34.1. The minimum atomic E-state index is -0.839. The molecule has 0 spiro atoms. The normalized spacial score (nSPS) is 12.1. The molecular weight excluding hydrogens is 1020 g/mol. The van der Waals surface area contributed by atoms with Gasteiger partial charge in [0.05, 0.1) is 10.2 Å². The fraction of sp³-hybridized carbons (Fsp3) is 0.0943. The number of hydrogen-bond donors (Lipinski definition) is 0. The third-order valence-corrected chi connectivity index (χ3v) is 24.0. The summed E-state index contributed by atoms with van der Waals surface area (Å²) in [5.41, 5.74) is 0. The zero-order valence-corrected chi connectivity index (χ0v) is 42.7. The first-order chi connectivity index (χ1) is 29.9. The Balaban J connectivity index is 0.000000230. The molecule has 0 saturated carbocycles. The summed E-state index contributed by atoms with van der Waals surface area (Å²) in [6, 6.07) is 84.7. The molecule has 326 valence electrons. The Morgan fingerprint density at radius 2 is 0.444 bits per heavy atom. The molecule has 63 heavy (non-hydrogen) atoms. The second-order valence-electron chi connectivity index (χ2n) is 14.2. The van der Waals surface area contributed by atoms with Crippen molar-refractivity contribution in [2.75, 3.05) is 12.3 Å². The van der Waals surface area contributed by atoms with Crippen LogP contribution in [0, 0.1) is 0 Å². The van der Waals surface area contributed by atoms with Crippen LogP contribution in [0.1, 0.15) is 0 Å². The van der Waals surface area contributed by atoms with E-state index in [4.69, 9.17) is 46.4 Å². The van der Waals surface area contributed by atoms with Crippen LogP contribution in [0.2, 0.25) is 0 Å². The van der Waals surface area contributed by atoms with Crippen molar-refractivity contribution in [3.8, 4) is 0 Å². The standard InChI is InChI=1S/C27H24Cl2P2.C26H22Cl2P2.2Ni/c28-27(29,21-30(23-13-5-1-6-14-23)24-15-7-2-8-16-24)22-31(25-17-9-3-10-18-25)26-19-11-4-12-20-26;27-25(29(21-13-5-1-6-14-21)22-15-7-2-8-16-22)26(28)30(23-17-9-3-10-18-23)24-19-11-4-12-20-24;;/h1-20H,21-22H2;1-20,25-26H;;. The number of benzene rings is 8. The molecule has 0 saturated heterocycles. The van der Waals surface area contributed by atoms with E-state index in [-0.39, 0.29) is 43.2 Å². The van der Waals surface area contributed by atoms with E-state index in [9.17, 15) is 0 Å². The SMILES string of the molecule is ClC(C(Cl)P(c1ccccc1)c1ccccc1)P(c1ccccc1)c1ccccc1.ClC(Cl)(CP(c1ccccc1)c1ccccc1)CP(c1ccccc1)c1ccccc1.[Ni].[Ni]. The van der Waals surface area contributed by atoms with Gasteiger partial charge in [0.2, 0.25) is 0 Å². The van der Waals surface area contributed by atoms with E-state index in [1.54, 1.807) is 0 Å². The molecule has 0 aliphatic heterocycles. The molecule has 10 heteroatoms. The Hall–Kier alpha value is -2.37. The molecule has 0 aliphatic rings. The maximum absolute atomic E-state index is 7.27. The van der Waals surface area contributed by atoms with Crippen molar-refractivity contribution in [1.29, 1.82) is 0 Å². The molecule has 0 nitrogen and oxygen atoms in total. The predicted octanol–water partition coefficient (Wildman–Crippen LogP) is 12.8. The summed E-state index contributed by atoms with van der Waals surface area (Å²) in [5, 5.41) is 9.80. The molecular formula is C53H46Cl4Ni2P4. The van der Waals surface area contributed by atoms with E-state index in [2.05, 4.69) is 218 Å². The molecule has 0 aromatic heterocycles. The molecule has 0 bridgehead atoms. The van der Waals surface area contributed by atoms with Crippen LogP contribution in [0.5, 0.6) is 0 Å². The smallest absolute Gasteiger partial charge is 0.115 e. The molecule has 2 atom stereocenters. The molecule has 2 unspecified atom stereocenters. The fourth-order valence-electron chi connectivity index (χ4n) is 7.08. The number of rotatable bonds is 15. The van der Waals surface area contributed by atoms with E-state index in [1.807, 2.05) is 24.3 Å². The molecule has 0 radical (unpaired) electrons. The summed E-state index contributed by atoms with van der Waals surface area (Å²) in [7, 11) is -2.95. The van der Waals surface area contributed by atoms with Gasteiger partial charge in [-0.05, 0) is 74.1 Å².